The normalized spacial score (nSPS) is 12.0. The lowest BCUT2D eigenvalue weighted by Crippen LogP contribution is -1.97. The number of hydrogen-bond donors (Lipinski definition) is 0. The highest BCUT2D eigenvalue weighted by atomic mass is 15.0. The summed E-state index contributed by atoms with van der Waals surface area (Å²) in [5, 5.41) is 7.14. The van der Waals surface area contributed by atoms with Crippen molar-refractivity contribution in [2.24, 2.45) is 0 Å². The highest BCUT2D eigenvalue weighted by Crippen LogP contribution is 2.40. The van der Waals surface area contributed by atoms with E-state index in [9.17, 15) is 0 Å². The van der Waals surface area contributed by atoms with Crippen molar-refractivity contribution in [3.05, 3.63) is 134 Å². The van der Waals surface area contributed by atoms with Gasteiger partial charge in [0, 0.05) is 44.7 Å². The Hall–Kier alpha value is -5.48. The first-order chi connectivity index (χ1) is 19.9. The van der Waals surface area contributed by atoms with Crippen LogP contribution in [0.2, 0.25) is 0 Å². The van der Waals surface area contributed by atoms with E-state index in [4.69, 9.17) is 9.97 Å². The second kappa shape index (κ2) is 8.01. The zero-order chi connectivity index (χ0) is 26.2. The SMILES string of the molecule is c1cnc2c(-n3c4ccccc4c4cc5c(cc43)c3ccccc3n5-c3cccc4cccnc34)cccc2c1. The third-order valence-electron chi connectivity index (χ3n) is 8.17. The van der Waals surface area contributed by atoms with E-state index < -0.39 is 0 Å². The molecule has 4 heteroatoms. The van der Waals surface area contributed by atoms with Crippen molar-refractivity contribution in [3.63, 3.8) is 0 Å². The molecule has 5 aromatic carbocycles. The molecule has 0 aliphatic carbocycles. The molecule has 0 spiro atoms. The number of pyridine rings is 2. The summed E-state index contributed by atoms with van der Waals surface area (Å²) in [4.78, 5) is 9.61. The summed E-state index contributed by atoms with van der Waals surface area (Å²) in [5.74, 6) is 0. The summed E-state index contributed by atoms with van der Waals surface area (Å²) in [5.41, 5.74) is 8.86. The molecule has 4 nitrogen and oxygen atoms in total. The number of para-hydroxylation sites is 4. The second-order valence-corrected chi connectivity index (χ2v) is 10.3. The Morgan fingerprint density at radius 2 is 0.825 bits per heavy atom. The quantitative estimate of drug-likeness (QED) is 0.233. The Kier molecular flexibility index (Phi) is 4.30. The summed E-state index contributed by atoms with van der Waals surface area (Å²) in [7, 11) is 0. The number of rotatable bonds is 2. The van der Waals surface area contributed by atoms with Crippen LogP contribution in [-0.2, 0) is 0 Å². The van der Waals surface area contributed by atoms with Gasteiger partial charge in [-0.25, -0.2) is 0 Å². The van der Waals surface area contributed by atoms with Crippen LogP contribution in [0, 0.1) is 0 Å². The molecule has 0 saturated heterocycles. The largest absolute Gasteiger partial charge is 0.307 e. The number of nitrogens with zero attached hydrogens (tertiary/aromatic N) is 4. The molecule has 0 atom stereocenters. The summed E-state index contributed by atoms with van der Waals surface area (Å²) in [6.07, 6.45) is 3.76. The van der Waals surface area contributed by atoms with Crippen LogP contribution in [-0.4, -0.2) is 19.1 Å². The summed E-state index contributed by atoms with van der Waals surface area (Å²) < 4.78 is 4.76. The molecule has 9 rings (SSSR count). The molecule has 186 valence electrons. The van der Waals surface area contributed by atoms with Gasteiger partial charge in [-0.1, -0.05) is 72.8 Å². The van der Waals surface area contributed by atoms with Crippen molar-refractivity contribution in [1.82, 2.24) is 19.1 Å². The number of fused-ring (bicyclic) bond motifs is 8. The second-order valence-electron chi connectivity index (χ2n) is 10.3. The number of hydrogen-bond acceptors (Lipinski definition) is 2. The molecule has 0 aliphatic rings. The van der Waals surface area contributed by atoms with E-state index in [2.05, 4.69) is 118 Å². The molecule has 0 N–H and O–H groups in total. The van der Waals surface area contributed by atoms with Crippen LogP contribution in [0.5, 0.6) is 0 Å². The molecule has 4 aromatic heterocycles. The first-order valence-electron chi connectivity index (χ1n) is 13.5. The van der Waals surface area contributed by atoms with Crippen LogP contribution in [0.25, 0.3) is 76.8 Å². The standard InChI is InChI=1S/C36H22N4/c1-3-15-29-25(13-1)27-21-34-28(22-33(27)39(29)31-17-5-9-23-11-7-19-37-35(23)31)26-14-2-4-16-30(26)40(34)32-18-6-10-24-12-8-20-38-36(24)32/h1-22H. The zero-order valence-corrected chi connectivity index (χ0v) is 21.5. The van der Waals surface area contributed by atoms with Crippen molar-refractivity contribution in [2.75, 3.05) is 0 Å². The zero-order valence-electron chi connectivity index (χ0n) is 21.5. The Morgan fingerprint density at radius 1 is 0.375 bits per heavy atom. The van der Waals surface area contributed by atoms with Gasteiger partial charge in [0.05, 0.1) is 44.5 Å². The molecule has 9 aromatic rings. The predicted molar refractivity (Wildman–Crippen MR) is 166 cm³/mol. The van der Waals surface area contributed by atoms with E-state index in [-0.39, 0.29) is 0 Å². The first-order valence-corrected chi connectivity index (χ1v) is 13.5. The third-order valence-corrected chi connectivity index (χ3v) is 8.17. The van der Waals surface area contributed by atoms with Gasteiger partial charge in [0.25, 0.3) is 0 Å². The minimum absolute atomic E-state index is 0.997. The highest BCUT2D eigenvalue weighted by Gasteiger charge is 2.20. The van der Waals surface area contributed by atoms with Crippen molar-refractivity contribution in [3.8, 4) is 11.4 Å². The van der Waals surface area contributed by atoms with Crippen LogP contribution in [0.15, 0.2) is 134 Å². The fourth-order valence-electron chi connectivity index (χ4n) is 6.49. The molecule has 0 unspecified atom stereocenters. The van der Waals surface area contributed by atoms with E-state index >= 15 is 0 Å². The van der Waals surface area contributed by atoms with Crippen LogP contribution in [0.1, 0.15) is 0 Å². The molecule has 0 aliphatic heterocycles. The number of benzene rings is 5. The summed E-state index contributed by atoms with van der Waals surface area (Å²) in [6.45, 7) is 0. The van der Waals surface area contributed by atoms with E-state index in [0.717, 1.165) is 33.2 Å². The van der Waals surface area contributed by atoms with E-state index in [1.807, 2.05) is 24.5 Å². The van der Waals surface area contributed by atoms with Crippen molar-refractivity contribution < 1.29 is 0 Å². The van der Waals surface area contributed by atoms with Crippen molar-refractivity contribution in [2.45, 2.75) is 0 Å². The first kappa shape index (κ1) is 21.5. The van der Waals surface area contributed by atoms with Gasteiger partial charge in [0.15, 0.2) is 0 Å². The number of aromatic nitrogens is 4. The van der Waals surface area contributed by atoms with E-state index in [0.29, 0.717) is 0 Å². The molecule has 0 amide bonds. The molecule has 0 bridgehead atoms. The van der Waals surface area contributed by atoms with Crippen LogP contribution >= 0.6 is 0 Å². The van der Waals surface area contributed by atoms with Crippen LogP contribution in [0.4, 0.5) is 0 Å². The topological polar surface area (TPSA) is 35.6 Å². The van der Waals surface area contributed by atoms with Gasteiger partial charge in [-0.05, 0) is 48.5 Å². The molecular formula is C36H22N4. The van der Waals surface area contributed by atoms with E-state index in [1.54, 1.807) is 0 Å². The lowest BCUT2D eigenvalue weighted by molar-refractivity contribution is 1.18. The maximum Gasteiger partial charge on any atom is 0.0942 e. The monoisotopic (exact) mass is 510 g/mol. The smallest absolute Gasteiger partial charge is 0.0942 e. The molecular weight excluding hydrogens is 488 g/mol. The lowest BCUT2D eigenvalue weighted by atomic mass is 10.1. The molecule has 4 heterocycles. The van der Waals surface area contributed by atoms with Gasteiger partial charge in [-0.2, -0.15) is 0 Å². The van der Waals surface area contributed by atoms with E-state index in [1.165, 1.54) is 43.6 Å². The Bertz CT molecular complexity index is 2260. The van der Waals surface area contributed by atoms with Gasteiger partial charge in [-0.15, -0.1) is 0 Å². The minimum atomic E-state index is 0.997. The lowest BCUT2D eigenvalue weighted by Gasteiger charge is -2.12. The van der Waals surface area contributed by atoms with Gasteiger partial charge < -0.3 is 9.13 Å². The fourth-order valence-corrected chi connectivity index (χ4v) is 6.49. The molecule has 0 saturated carbocycles. The van der Waals surface area contributed by atoms with Gasteiger partial charge >= 0.3 is 0 Å². The molecule has 0 fully saturated rings. The predicted octanol–water partition coefficient (Wildman–Crippen LogP) is 8.98. The average molecular weight is 511 g/mol. The van der Waals surface area contributed by atoms with Crippen LogP contribution < -0.4 is 0 Å². The van der Waals surface area contributed by atoms with Crippen molar-refractivity contribution in [1.29, 1.82) is 0 Å². The summed E-state index contributed by atoms with van der Waals surface area (Å²) >= 11 is 0. The maximum atomic E-state index is 4.80. The molecule has 40 heavy (non-hydrogen) atoms. The van der Waals surface area contributed by atoms with Gasteiger partial charge in [0.1, 0.15) is 0 Å². The maximum absolute atomic E-state index is 4.80. The minimum Gasteiger partial charge on any atom is -0.307 e. The Balaban J connectivity index is 1.48. The summed E-state index contributed by atoms with van der Waals surface area (Å²) in [6, 6.07) is 43.2. The van der Waals surface area contributed by atoms with Gasteiger partial charge in [-0.3, -0.25) is 9.97 Å². The average Bonchev–Trinajstić information content (AvgIpc) is 3.51. The highest BCUT2D eigenvalue weighted by molar-refractivity contribution is 6.19. The Labute approximate surface area is 229 Å². The van der Waals surface area contributed by atoms with Gasteiger partial charge in [0.2, 0.25) is 0 Å². The Morgan fingerprint density at radius 3 is 1.32 bits per heavy atom. The van der Waals surface area contributed by atoms with Crippen molar-refractivity contribution >= 4 is 65.4 Å². The fraction of sp³-hybridized carbons (Fsp3) is 0. The third kappa shape index (κ3) is 2.85. The molecule has 0 radical (unpaired) electrons. The van der Waals surface area contributed by atoms with Crippen LogP contribution in [0.3, 0.4) is 0 Å².